The molecule has 0 radical (unpaired) electrons. The lowest BCUT2D eigenvalue weighted by Gasteiger charge is -2.33. The van der Waals surface area contributed by atoms with Gasteiger partial charge in [0.15, 0.2) is 5.78 Å². The van der Waals surface area contributed by atoms with E-state index in [4.69, 9.17) is 0 Å². The maximum Gasteiger partial charge on any atom is 0.153 e. The van der Waals surface area contributed by atoms with Crippen LogP contribution in [-0.2, 0) is 4.79 Å². The fourth-order valence-electron chi connectivity index (χ4n) is 3.42. The Morgan fingerprint density at radius 2 is 1.88 bits per heavy atom. The Hall–Kier alpha value is -0.370. The summed E-state index contributed by atoms with van der Waals surface area (Å²) >= 11 is 0. The Bertz CT molecular complexity index is 233. The third kappa shape index (κ3) is 2.65. The fourth-order valence-corrected chi connectivity index (χ4v) is 3.42. The highest BCUT2D eigenvalue weighted by atomic mass is 16.1. The molecule has 2 nitrogen and oxygen atoms in total. The third-order valence-electron chi connectivity index (χ3n) is 4.45. The van der Waals surface area contributed by atoms with E-state index < -0.39 is 0 Å². The van der Waals surface area contributed by atoms with E-state index in [1.165, 1.54) is 38.5 Å². The molecule has 1 aliphatic carbocycles. The topological polar surface area (TPSA) is 29.1 Å². The normalized spacial score (nSPS) is 35.9. The van der Waals surface area contributed by atoms with Crippen molar-refractivity contribution in [1.29, 1.82) is 0 Å². The fraction of sp³-hybridized carbons (Fsp3) is 0.929. The van der Waals surface area contributed by atoms with Crippen molar-refractivity contribution in [3.05, 3.63) is 0 Å². The molecule has 1 saturated carbocycles. The van der Waals surface area contributed by atoms with Crippen molar-refractivity contribution in [2.45, 2.75) is 64.3 Å². The first-order valence-corrected chi connectivity index (χ1v) is 7.10. The van der Waals surface area contributed by atoms with Crippen LogP contribution < -0.4 is 5.32 Å². The summed E-state index contributed by atoms with van der Waals surface area (Å²) in [6.45, 7) is 3.28. The Morgan fingerprint density at radius 3 is 2.56 bits per heavy atom. The summed E-state index contributed by atoms with van der Waals surface area (Å²) in [5.41, 5.74) is 0. The first-order valence-electron chi connectivity index (χ1n) is 7.10. The predicted molar refractivity (Wildman–Crippen MR) is 66.4 cm³/mol. The van der Waals surface area contributed by atoms with Crippen molar-refractivity contribution in [1.82, 2.24) is 5.32 Å². The molecule has 3 unspecified atom stereocenters. The molecule has 1 saturated heterocycles. The molecule has 0 spiro atoms. The number of carbonyl (C=O) groups is 1. The SMILES string of the molecule is CCC1CCCCC1C(=O)C1CCCCN1. The van der Waals surface area contributed by atoms with Gasteiger partial charge >= 0.3 is 0 Å². The molecule has 0 aromatic heterocycles. The Labute approximate surface area is 99.2 Å². The lowest BCUT2D eigenvalue weighted by atomic mass is 9.73. The van der Waals surface area contributed by atoms with Crippen molar-refractivity contribution in [2.75, 3.05) is 6.54 Å². The van der Waals surface area contributed by atoms with Gasteiger partial charge in [0.1, 0.15) is 0 Å². The number of Topliss-reactive ketones (excluding diaryl/α,β-unsaturated/α-hetero) is 1. The number of hydrogen-bond donors (Lipinski definition) is 1. The molecule has 0 amide bonds. The highest BCUT2D eigenvalue weighted by Crippen LogP contribution is 2.34. The van der Waals surface area contributed by atoms with Gasteiger partial charge < -0.3 is 5.32 Å². The largest absolute Gasteiger partial charge is 0.307 e. The molecule has 1 aliphatic heterocycles. The molecule has 0 aromatic rings. The van der Waals surface area contributed by atoms with Crippen LogP contribution in [0.25, 0.3) is 0 Å². The first kappa shape index (κ1) is 12.1. The smallest absolute Gasteiger partial charge is 0.153 e. The van der Waals surface area contributed by atoms with E-state index in [1.807, 2.05) is 0 Å². The van der Waals surface area contributed by atoms with Gasteiger partial charge in [0, 0.05) is 5.92 Å². The summed E-state index contributed by atoms with van der Waals surface area (Å²) in [4.78, 5) is 12.5. The minimum Gasteiger partial charge on any atom is -0.307 e. The van der Waals surface area contributed by atoms with Crippen LogP contribution in [0.2, 0.25) is 0 Å². The summed E-state index contributed by atoms with van der Waals surface area (Å²) in [6.07, 6.45) is 9.75. The van der Waals surface area contributed by atoms with E-state index in [2.05, 4.69) is 12.2 Å². The van der Waals surface area contributed by atoms with E-state index in [0.717, 1.165) is 19.4 Å². The van der Waals surface area contributed by atoms with Crippen LogP contribution in [0, 0.1) is 11.8 Å². The molecule has 2 heteroatoms. The summed E-state index contributed by atoms with van der Waals surface area (Å²) in [7, 11) is 0. The van der Waals surface area contributed by atoms with Crippen molar-refractivity contribution in [2.24, 2.45) is 11.8 Å². The molecule has 92 valence electrons. The lowest BCUT2D eigenvalue weighted by Crippen LogP contribution is -2.45. The molecule has 16 heavy (non-hydrogen) atoms. The predicted octanol–water partition coefficient (Wildman–Crippen LogP) is 2.91. The van der Waals surface area contributed by atoms with Gasteiger partial charge in [0.25, 0.3) is 0 Å². The van der Waals surface area contributed by atoms with Crippen molar-refractivity contribution < 1.29 is 4.79 Å². The average Bonchev–Trinajstić information content (AvgIpc) is 2.39. The molecule has 1 heterocycles. The highest BCUT2D eigenvalue weighted by Gasteiger charge is 2.34. The Kier molecular flexibility index (Phi) is 4.39. The molecule has 0 bridgehead atoms. The molecule has 3 atom stereocenters. The quantitative estimate of drug-likeness (QED) is 0.797. The summed E-state index contributed by atoms with van der Waals surface area (Å²) in [5.74, 6) is 1.57. The second-order valence-electron chi connectivity index (χ2n) is 5.46. The van der Waals surface area contributed by atoms with Gasteiger partial charge in [-0.15, -0.1) is 0 Å². The van der Waals surface area contributed by atoms with Gasteiger partial charge in [-0.3, -0.25) is 4.79 Å². The number of rotatable bonds is 3. The number of hydrogen-bond acceptors (Lipinski definition) is 2. The maximum absolute atomic E-state index is 12.5. The van der Waals surface area contributed by atoms with Crippen molar-refractivity contribution >= 4 is 5.78 Å². The molecule has 0 aromatic carbocycles. The van der Waals surface area contributed by atoms with Crippen LogP contribution in [0.1, 0.15) is 58.3 Å². The summed E-state index contributed by atoms with van der Waals surface area (Å²) in [5, 5.41) is 3.41. The van der Waals surface area contributed by atoms with Crippen LogP contribution in [-0.4, -0.2) is 18.4 Å². The van der Waals surface area contributed by atoms with Crippen molar-refractivity contribution in [3.63, 3.8) is 0 Å². The number of carbonyl (C=O) groups excluding carboxylic acids is 1. The van der Waals surface area contributed by atoms with Gasteiger partial charge in [0.05, 0.1) is 6.04 Å². The third-order valence-corrected chi connectivity index (χ3v) is 4.45. The van der Waals surface area contributed by atoms with Crippen LogP contribution in [0.5, 0.6) is 0 Å². The van der Waals surface area contributed by atoms with E-state index in [-0.39, 0.29) is 6.04 Å². The monoisotopic (exact) mass is 223 g/mol. The van der Waals surface area contributed by atoms with E-state index in [0.29, 0.717) is 17.6 Å². The molecule has 2 aliphatic rings. The van der Waals surface area contributed by atoms with Crippen LogP contribution in [0.3, 0.4) is 0 Å². The summed E-state index contributed by atoms with van der Waals surface area (Å²) in [6, 6.07) is 0.186. The standard InChI is InChI=1S/C14H25NO/c1-2-11-7-3-4-8-12(11)14(16)13-9-5-6-10-15-13/h11-13,15H,2-10H2,1H3. The van der Waals surface area contributed by atoms with Gasteiger partial charge in [-0.1, -0.05) is 32.6 Å². The van der Waals surface area contributed by atoms with Crippen molar-refractivity contribution in [3.8, 4) is 0 Å². The zero-order chi connectivity index (χ0) is 11.4. The lowest BCUT2D eigenvalue weighted by molar-refractivity contribution is -0.128. The van der Waals surface area contributed by atoms with Gasteiger partial charge in [-0.2, -0.15) is 0 Å². The number of nitrogens with one attached hydrogen (secondary N) is 1. The summed E-state index contributed by atoms with van der Waals surface area (Å²) < 4.78 is 0. The minimum atomic E-state index is 0.186. The average molecular weight is 223 g/mol. The number of ketones is 1. The first-order chi connectivity index (χ1) is 7.83. The van der Waals surface area contributed by atoms with Gasteiger partial charge in [-0.25, -0.2) is 0 Å². The Morgan fingerprint density at radius 1 is 1.12 bits per heavy atom. The van der Waals surface area contributed by atoms with E-state index >= 15 is 0 Å². The molecule has 1 N–H and O–H groups in total. The minimum absolute atomic E-state index is 0.186. The zero-order valence-electron chi connectivity index (χ0n) is 10.5. The number of piperidine rings is 1. The highest BCUT2D eigenvalue weighted by molar-refractivity contribution is 5.86. The molecule has 2 fully saturated rings. The van der Waals surface area contributed by atoms with Gasteiger partial charge in [-0.05, 0) is 38.1 Å². The molecular weight excluding hydrogens is 198 g/mol. The second-order valence-corrected chi connectivity index (χ2v) is 5.46. The van der Waals surface area contributed by atoms with E-state index in [9.17, 15) is 4.79 Å². The Balaban J connectivity index is 1.95. The second kappa shape index (κ2) is 5.81. The van der Waals surface area contributed by atoms with Crippen LogP contribution in [0.15, 0.2) is 0 Å². The van der Waals surface area contributed by atoms with Gasteiger partial charge in [0.2, 0.25) is 0 Å². The van der Waals surface area contributed by atoms with E-state index in [1.54, 1.807) is 0 Å². The molecule has 2 rings (SSSR count). The molecular formula is C14H25NO. The zero-order valence-corrected chi connectivity index (χ0v) is 10.5. The van der Waals surface area contributed by atoms with Crippen LogP contribution in [0.4, 0.5) is 0 Å². The van der Waals surface area contributed by atoms with Crippen LogP contribution >= 0.6 is 0 Å². The maximum atomic E-state index is 12.5.